The summed E-state index contributed by atoms with van der Waals surface area (Å²) < 4.78 is 19.8. The topological polar surface area (TPSA) is 55.6 Å². The van der Waals surface area contributed by atoms with Crippen molar-refractivity contribution in [1.29, 1.82) is 0 Å². The van der Waals surface area contributed by atoms with E-state index in [0.717, 1.165) is 118 Å². The molecule has 3 aromatic heterocycles. The van der Waals surface area contributed by atoms with Gasteiger partial charge in [-0.2, -0.15) is 0 Å². The number of furan rings is 2. The minimum Gasteiger partial charge on any atom is -0.456 e. The highest BCUT2D eigenvalue weighted by atomic mass is 16.3. The van der Waals surface area contributed by atoms with Crippen molar-refractivity contribution in [3.05, 3.63) is 188 Å². The fourth-order valence-electron chi connectivity index (χ4n) is 8.78. The van der Waals surface area contributed by atoms with Crippen LogP contribution in [-0.4, -0.2) is 4.98 Å². The average molecular weight is 747 g/mol. The van der Waals surface area contributed by atoms with Gasteiger partial charge in [0.1, 0.15) is 22.3 Å². The minimum atomic E-state index is 0.654. The molecule has 1 aliphatic carbocycles. The number of rotatable bonds is 6. The molecule has 0 saturated carbocycles. The smallest absolute Gasteiger partial charge is 0.226 e. The Hall–Kier alpha value is -7.63. The monoisotopic (exact) mass is 746 g/mol. The molecule has 274 valence electrons. The van der Waals surface area contributed by atoms with Gasteiger partial charge < -0.3 is 18.2 Å². The zero-order valence-electron chi connectivity index (χ0n) is 31.4. The van der Waals surface area contributed by atoms with Crippen LogP contribution in [0.5, 0.6) is 0 Å². The molecule has 0 amide bonds. The summed E-state index contributed by atoms with van der Waals surface area (Å²) in [6.07, 6.45) is 8.52. The molecule has 0 N–H and O–H groups in total. The second-order valence-electron chi connectivity index (χ2n) is 14.9. The van der Waals surface area contributed by atoms with Crippen molar-refractivity contribution in [2.75, 3.05) is 4.90 Å². The van der Waals surface area contributed by atoms with E-state index in [-0.39, 0.29) is 0 Å². The quantitative estimate of drug-likeness (QED) is 0.170. The van der Waals surface area contributed by atoms with Gasteiger partial charge in [-0.05, 0) is 89.5 Å². The van der Waals surface area contributed by atoms with E-state index >= 15 is 0 Å². The van der Waals surface area contributed by atoms with E-state index in [1.54, 1.807) is 0 Å². The van der Waals surface area contributed by atoms with Crippen LogP contribution < -0.4 is 4.90 Å². The summed E-state index contributed by atoms with van der Waals surface area (Å²) in [6.45, 7) is 0. The minimum absolute atomic E-state index is 0.654. The fraction of sp³-hybridized carbons (Fsp3) is 0.0377. The Morgan fingerprint density at radius 2 is 1.24 bits per heavy atom. The number of fused-ring (bicyclic) bond motifs is 8. The van der Waals surface area contributed by atoms with Crippen LogP contribution in [0.3, 0.4) is 0 Å². The molecule has 8 aromatic carbocycles. The normalized spacial score (nSPS) is 13.1. The lowest BCUT2D eigenvalue weighted by Crippen LogP contribution is -2.11. The molecule has 3 heterocycles. The summed E-state index contributed by atoms with van der Waals surface area (Å²) in [6, 6.07) is 57.4. The molecular formula is C53H34N2O3. The van der Waals surface area contributed by atoms with Gasteiger partial charge in [0.25, 0.3) is 0 Å². The van der Waals surface area contributed by atoms with E-state index in [1.165, 1.54) is 5.56 Å². The summed E-state index contributed by atoms with van der Waals surface area (Å²) in [7, 11) is 0. The molecule has 12 rings (SSSR count). The third kappa shape index (κ3) is 5.14. The molecule has 0 aliphatic heterocycles. The van der Waals surface area contributed by atoms with Crippen LogP contribution in [0.1, 0.15) is 18.7 Å². The summed E-state index contributed by atoms with van der Waals surface area (Å²) in [5.41, 5.74) is 13.3. The van der Waals surface area contributed by atoms with E-state index in [4.69, 9.17) is 18.2 Å². The standard InChI is InChI=1S/C53H34N2O3/c1-3-13-33(14-4-1)34-25-28-38(29-26-34)55(44-21-12-23-47-49(44)41-19-9-10-22-45(41)56-47)51-40-18-8-7-17-36(40)32-43-42-31-37(27-30-46(42)57-52(43)51)39-20-11-24-48-50(39)54-53(58-48)35-15-5-2-6-16-35/h1,3-5,7-32H,2,6H2. The lowest BCUT2D eigenvalue weighted by molar-refractivity contribution is 0.585. The fourth-order valence-corrected chi connectivity index (χ4v) is 8.78. The van der Waals surface area contributed by atoms with Crippen molar-refractivity contribution in [3.8, 4) is 22.3 Å². The Balaban J connectivity index is 1.11. The van der Waals surface area contributed by atoms with Gasteiger partial charge in [0.2, 0.25) is 5.89 Å². The van der Waals surface area contributed by atoms with Crippen LogP contribution in [-0.2, 0) is 0 Å². The molecule has 0 atom stereocenters. The summed E-state index contributed by atoms with van der Waals surface area (Å²) in [5.74, 6) is 0.654. The Morgan fingerprint density at radius 1 is 0.500 bits per heavy atom. The highest BCUT2D eigenvalue weighted by Crippen LogP contribution is 2.50. The molecular weight excluding hydrogens is 713 g/mol. The third-order valence-electron chi connectivity index (χ3n) is 11.5. The largest absolute Gasteiger partial charge is 0.456 e. The van der Waals surface area contributed by atoms with Crippen LogP contribution in [0.25, 0.3) is 93.6 Å². The zero-order chi connectivity index (χ0) is 38.2. The van der Waals surface area contributed by atoms with Crippen molar-refractivity contribution in [2.24, 2.45) is 0 Å². The van der Waals surface area contributed by atoms with Crippen LogP contribution in [0.4, 0.5) is 17.1 Å². The summed E-state index contributed by atoms with van der Waals surface area (Å²) in [4.78, 5) is 7.39. The van der Waals surface area contributed by atoms with Gasteiger partial charge in [0, 0.05) is 38.4 Å². The Morgan fingerprint density at radius 3 is 2.12 bits per heavy atom. The molecule has 0 saturated heterocycles. The number of nitrogens with zero attached hydrogens (tertiary/aromatic N) is 2. The van der Waals surface area contributed by atoms with Crippen LogP contribution in [0.15, 0.2) is 195 Å². The first-order valence-electron chi connectivity index (χ1n) is 19.8. The Kier molecular flexibility index (Phi) is 7.29. The molecule has 58 heavy (non-hydrogen) atoms. The van der Waals surface area contributed by atoms with E-state index in [9.17, 15) is 0 Å². The summed E-state index contributed by atoms with van der Waals surface area (Å²) >= 11 is 0. The SMILES string of the molecule is C1=CC(c2nc3c(-c4ccc5oc6c(N(c7ccc(-c8ccccc8)cc7)c7cccc8oc9ccccc9c78)c7ccccc7cc6c5c4)cccc3o2)=CCC1. The van der Waals surface area contributed by atoms with Gasteiger partial charge in [0.05, 0.1) is 16.8 Å². The van der Waals surface area contributed by atoms with Crippen molar-refractivity contribution in [2.45, 2.75) is 12.8 Å². The molecule has 1 aliphatic rings. The highest BCUT2D eigenvalue weighted by Gasteiger charge is 2.26. The maximum atomic E-state index is 7.04. The lowest BCUT2D eigenvalue weighted by atomic mass is 9.98. The van der Waals surface area contributed by atoms with Crippen LogP contribution in [0.2, 0.25) is 0 Å². The number of anilines is 3. The average Bonchev–Trinajstić information content (AvgIpc) is 4.01. The number of benzene rings is 8. The Labute approximate surface area is 333 Å². The van der Waals surface area contributed by atoms with Crippen molar-refractivity contribution in [1.82, 2.24) is 4.98 Å². The van der Waals surface area contributed by atoms with Gasteiger partial charge in [-0.3, -0.25) is 0 Å². The number of oxazole rings is 1. The van der Waals surface area contributed by atoms with Crippen LogP contribution in [0, 0.1) is 0 Å². The first kappa shape index (κ1) is 32.6. The number of aromatic nitrogens is 1. The molecule has 0 fully saturated rings. The number of allylic oxidation sites excluding steroid dienone is 4. The van der Waals surface area contributed by atoms with Gasteiger partial charge in [0.15, 0.2) is 11.2 Å². The van der Waals surface area contributed by atoms with E-state index in [0.29, 0.717) is 5.89 Å². The number of hydrogen-bond acceptors (Lipinski definition) is 5. The first-order chi connectivity index (χ1) is 28.7. The van der Waals surface area contributed by atoms with Crippen LogP contribution >= 0.6 is 0 Å². The van der Waals surface area contributed by atoms with E-state index in [1.807, 2.05) is 24.3 Å². The van der Waals surface area contributed by atoms with Gasteiger partial charge in [-0.1, -0.05) is 127 Å². The molecule has 5 heteroatoms. The van der Waals surface area contributed by atoms with E-state index < -0.39 is 0 Å². The predicted octanol–water partition coefficient (Wildman–Crippen LogP) is 15.3. The highest BCUT2D eigenvalue weighted by molar-refractivity contribution is 6.22. The second-order valence-corrected chi connectivity index (χ2v) is 14.9. The predicted molar refractivity (Wildman–Crippen MR) is 238 cm³/mol. The molecule has 5 nitrogen and oxygen atoms in total. The van der Waals surface area contributed by atoms with E-state index in [2.05, 4.69) is 163 Å². The second kappa shape index (κ2) is 13.0. The van der Waals surface area contributed by atoms with Gasteiger partial charge in [-0.25, -0.2) is 4.98 Å². The zero-order valence-corrected chi connectivity index (χ0v) is 31.4. The van der Waals surface area contributed by atoms with Crippen molar-refractivity contribution >= 4 is 88.4 Å². The lowest BCUT2D eigenvalue weighted by Gasteiger charge is -2.28. The molecule has 0 spiro atoms. The first-order valence-corrected chi connectivity index (χ1v) is 19.8. The molecule has 0 bridgehead atoms. The van der Waals surface area contributed by atoms with Crippen molar-refractivity contribution in [3.63, 3.8) is 0 Å². The third-order valence-corrected chi connectivity index (χ3v) is 11.5. The van der Waals surface area contributed by atoms with Gasteiger partial charge in [-0.15, -0.1) is 0 Å². The Bertz CT molecular complexity index is 3460. The number of para-hydroxylation sites is 2. The molecule has 0 unspecified atom stereocenters. The molecule has 0 radical (unpaired) electrons. The summed E-state index contributed by atoms with van der Waals surface area (Å²) in [5, 5.41) is 6.37. The molecule has 11 aromatic rings. The number of hydrogen-bond donors (Lipinski definition) is 0. The maximum Gasteiger partial charge on any atom is 0.226 e. The van der Waals surface area contributed by atoms with Crippen molar-refractivity contribution < 1.29 is 13.3 Å². The van der Waals surface area contributed by atoms with Gasteiger partial charge >= 0.3 is 0 Å². The maximum absolute atomic E-state index is 7.04.